The van der Waals surface area contributed by atoms with Crippen molar-refractivity contribution >= 4 is 11.8 Å². The van der Waals surface area contributed by atoms with Gasteiger partial charge in [0, 0.05) is 29.8 Å². The zero-order chi connectivity index (χ0) is 20.3. The normalized spacial score (nSPS) is 11.8. The molecule has 0 radical (unpaired) electrons. The van der Waals surface area contributed by atoms with Gasteiger partial charge in [0.1, 0.15) is 0 Å². The molecule has 2 heterocycles. The maximum atomic E-state index is 12.8. The van der Waals surface area contributed by atoms with Crippen LogP contribution in [0.5, 0.6) is 0 Å². The highest BCUT2D eigenvalue weighted by molar-refractivity contribution is 7.98. The molecule has 1 aromatic carbocycles. The fraction of sp³-hybridized carbons (Fsp3) is 0.294. The van der Waals surface area contributed by atoms with Gasteiger partial charge in [-0.1, -0.05) is 29.1 Å². The van der Waals surface area contributed by atoms with Crippen molar-refractivity contribution in [3.63, 3.8) is 0 Å². The average Bonchev–Trinajstić information content (AvgIpc) is 3.11. The molecule has 0 aliphatic rings. The van der Waals surface area contributed by atoms with Crippen LogP contribution >= 0.6 is 11.8 Å². The largest absolute Gasteiger partial charge is 0.416 e. The first-order valence-electron chi connectivity index (χ1n) is 8.11. The number of hydrogen-bond donors (Lipinski definition) is 2. The zero-order valence-corrected chi connectivity index (χ0v) is 15.4. The van der Waals surface area contributed by atoms with Crippen molar-refractivity contribution in [3.05, 3.63) is 57.3 Å². The molecule has 3 rings (SSSR count). The van der Waals surface area contributed by atoms with Crippen LogP contribution in [0.3, 0.4) is 0 Å². The van der Waals surface area contributed by atoms with Crippen LogP contribution in [0, 0.1) is 6.92 Å². The van der Waals surface area contributed by atoms with E-state index in [1.54, 1.807) is 6.92 Å². The van der Waals surface area contributed by atoms with Gasteiger partial charge in [-0.2, -0.15) is 18.2 Å². The monoisotopic (exact) mass is 412 g/mol. The Morgan fingerprint density at radius 2 is 2.07 bits per heavy atom. The molecule has 28 heavy (non-hydrogen) atoms. The molecule has 7 nitrogen and oxygen atoms in total. The summed E-state index contributed by atoms with van der Waals surface area (Å²) in [5, 5.41) is 13.0. The molecule has 0 spiro atoms. The highest BCUT2D eigenvalue weighted by Gasteiger charge is 2.30. The minimum atomic E-state index is -4.46. The minimum Gasteiger partial charge on any atom is -0.396 e. The fourth-order valence-corrected chi connectivity index (χ4v) is 3.20. The third-order valence-corrected chi connectivity index (χ3v) is 4.67. The molecule has 11 heteroatoms. The Morgan fingerprint density at radius 3 is 2.75 bits per heavy atom. The van der Waals surface area contributed by atoms with Crippen molar-refractivity contribution in [1.29, 1.82) is 0 Å². The number of aliphatic hydroxyl groups is 1. The number of nitrogens with one attached hydrogen (secondary N) is 1. The highest BCUT2D eigenvalue weighted by atomic mass is 32.2. The average molecular weight is 412 g/mol. The Labute approximate surface area is 161 Å². The summed E-state index contributed by atoms with van der Waals surface area (Å²) in [6, 6.07) is 4.64. The number of halogens is 3. The lowest BCUT2D eigenvalue weighted by Crippen LogP contribution is -2.18. The number of H-pyrrole nitrogens is 1. The Hall–Kier alpha value is -2.66. The van der Waals surface area contributed by atoms with Crippen LogP contribution in [0.2, 0.25) is 0 Å². The second-order valence-electron chi connectivity index (χ2n) is 5.79. The molecule has 2 aromatic heterocycles. The molecule has 0 unspecified atom stereocenters. The SMILES string of the molecule is Cc1nc(SCc2nc(-c3cccc(C(F)(F)F)c3)no2)[nH]c(=O)c1CCO. The van der Waals surface area contributed by atoms with Gasteiger partial charge in [0.15, 0.2) is 5.16 Å². The number of aromatic nitrogens is 4. The van der Waals surface area contributed by atoms with Crippen molar-refractivity contribution in [2.24, 2.45) is 0 Å². The van der Waals surface area contributed by atoms with Gasteiger partial charge in [0.25, 0.3) is 5.56 Å². The lowest BCUT2D eigenvalue weighted by Gasteiger charge is -2.06. The molecule has 2 N–H and O–H groups in total. The molecule has 0 atom stereocenters. The Bertz CT molecular complexity index is 1030. The smallest absolute Gasteiger partial charge is 0.396 e. The topological polar surface area (TPSA) is 105 Å². The first-order valence-corrected chi connectivity index (χ1v) is 9.10. The molecule has 0 aliphatic heterocycles. The van der Waals surface area contributed by atoms with Gasteiger partial charge >= 0.3 is 6.18 Å². The number of hydrogen-bond acceptors (Lipinski definition) is 7. The standard InChI is InChI=1S/C17H15F3N4O3S/c1-9-12(5-6-25)15(26)23-16(21-9)28-8-13-22-14(24-27-13)10-3-2-4-11(7-10)17(18,19)20/h2-4,7,25H,5-6,8H2,1H3,(H,21,23,26). The molecular formula is C17H15F3N4O3S. The van der Waals surface area contributed by atoms with Gasteiger partial charge in [-0.25, -0.2) is 4.98 Å². The number of aromatic amines is 1. The van der Waals surface area contributed by atoms with Crippen LogP contribution in [0.4, 0.5) is 13.2 Å². The number of aliphatic hydroxyl groups excluding tert-OH is 1. The summed E-state index contributed by atoms with van der Waals surface area (Å²) in [5.74, 6) is 0.392. The number of thioether (sulfide) groups is 1. The van der Waals surface area contributed by atoms with Crippen molar-refractivity contribution < 1.29 is 22.8 Å². The summed E-state index contributed by atoms with van der Waals surface area (Å²) < 4.78 is 43.5. The maximum absolute atomic E-state index is 12.8. The van der Waals surface area contributed by atoms with Crippen molar-refractivity contribution in [3.8, 4) is 11.4 Å². The van der Waals surface area contributed by atoms with E-state index in [4.69, 9.17) is 9.63 Å². The van der Waals surface area contributed by atoms with Crippen LogP contribution in [0.15, 0.2) is 38.7 Å². The molecule has 0 bridgehead atoms. The molecule has 0 aliphatic carbocycles. The number of nitrogens with zero attached hydrogens (tertiary/aromatic N) is 3. The van der Waals surface area contributed by atoms with Gasteiger partial charge in [-0.05, 0) is 19.1 Å². The number of aryl methyl sites for hydroxylation is 1. The van der Waals surface area contributed by atoms with Gasteiger partial charge < -0.3 is 14.6 Å². The van der Waals surface area contributed by atoms with Gasteiger partial charge in [0.05, 0.1) is 11.3 Å². The molecule has 0 saturated carbocycles. The van der Waals surface area contributed by atoms with E-state index in [-0.39, 0.29) is 41.6 Å². The lowest BCUT2D eigenvalue weighted by atomic mass is 10.1. The molecule has 0 amide bonds. The first kappa shape index (κ1) is 20.1. The van der Waals surface area contributed by atoms with E-state index < -0.39 is 11.7 Å². The first-order chi connectivity index (χ1) is 13.3. The molecular weight excluding hydrogens is 397 g/mol. The maximum Gasteiger partial charge on any atom is 0.416 e. The van der Waals surface area contributed by atoms with Gasteiger partial charge in [0.2, 0.25) is 11.7 Å². The van der Waals surface area contributed by atoms with Crippen molar-refractivity contribution in [2.45, 2.75) is 30.4 Å². The summed E-state index contributed by atoms with van der Waals surface area (Å²) in [4.78, 5) is 23.0. The van der Waals surface area contributed by atoms with E-state index in [1.807, 2.05) is 0 Å². The molecule has 148 valence electrons. The third kappa shape index (κ3) is 4.60. The quantitative estimate of drug-likeness (QED) is 0.474. The van der Waals surface area contributed by atoms with Crippen LogP contribution in [0.1, 0.15) is 22.7 Å². The van der Waals surface area contributed by atoms with Gasteiger partial charge in [-0.3, -0.25) is 4.79 Å². The Balaban J connectivity index is 1.73. The molecule has 0 saturated heterocycles. The minimum absolute atomic E-state index is 0.0395. The predicted octanol–water partition coefficient (Wildman–Crippen LogP) is 2.97. The van der Waals surface area contributed by atoms with Crippen LogP contribution in [-0.4, -0.2) is 31.8 Å². The number of benzene rings is 1. The van der Waals surface area contributed by atoms with E-state index in [1.165, 1.54) is 12.1 Å². The lowest BCUT2D eigenvalue weighted by molar-refractivity contribution is -0.137. The number of rotatable bonds is 6. The summed E-state index contributed by atoms with van der Waals surface area (Å²) in [5.41, 5.74) is -0.0253. The zero-order valence-electron chi connectivity index (χ0n) is 14.6. The number of alkyl halides is 3. The summed E-state index contributed by atoms with van der Waals surface area (Å²) in [6.07, 6.45) is -4.25. The van der Waals surface area contributed by atoms with Crippen LogP contribution in [0.25, 0.3) is 11.4 Å². The second kappa shape index (κ2) is 8.15. The van der Waals surface area contributed by atoms with E-state index in [9.17, 15) is 18.0 Å². The fourth-order valence-electron chi connectivity index (χ4n) is 2.45. The van der Waals surface area contributed by atoms with Crippen molar-refractivity contribution in [1.82, 2.24) is 20.1 Å². The van der Waals surface area contributed by atoms with Crippen LogP contribution < -0.4 is 5.56 Å². The second-order valence-corrected chi connectivity index (χ2v) is 6.75. The van der Waals surface area contributed by atoms with Crippen LogP contribution in [-0.2, 0) is 18.3 Å². The highest BCUT2D eigenvalue weighted by Crippen LogP contribution is 2.31. The van der Waals surface area contributed by atoms with Crippen molar-refractivity contribution in [2.75, 3.05) is 6.61 Å². The predicted molar refractivity (Wildman–Crippen MR) is 94.7 cm³/mol. The summed E-state index contributed by atoms with van der Waals surface area (Å²) in [6.45, 7) is 1.52. The van der Waals surface area contributed by atoms with E-state index in [2.05, 4.69) is 20.1 Å². The van der Waals surface area contributed by atoms with E-state index in [0.717, 1.165) is 23.9 Å². The molecule has 0 fully saturated rings. The van der Waals surface area contributed by atoms with E-state index in [0.29, 0.717) is 16.4 Å². The summed E-state index contributed by atoms with van der Waals surface area (Å²) in [7, 11) is 0. The Morgan fingerprint density at radius 1 is 1.29 bits per heavy atom. The third-order valence-electron chi connectivity index (χ3n) is 3.81. The van der Waals surface area contributed by atoms with Gasteiger partial charge in [-0.15, -0.1) is 0 Å². The summed E-state index contributed by atoms with van der Waals surface area (Å²) >= 11 is 1.14. The van der Waals surface area contributed by atoms with E-state index >= 15 is 0 Å². The molecule has 3 aromatic rings. The Kier molecular flexibility index (Phi) is 5.84.